The van der Waals surface area contributed by atoms with Gasteiger partial charge in [-0.1, -0.05) is 17.7 Å². The van der Waals surface area contributed by atoms with Crippen molar-refractivity contribution in [2.24, 2.45) is 5.41 Å². The molecule has 0 aliphatic carbocycles. The number of esters is 1. The Morgan fingerprint density at radius 2 is 1.89 bits per heavy atom. The Morgan fingerprint density at radius 3 is 2.57 bits per heavy atom. The lowest BCUT2D eigenvalue weighted by atomic mass is 9.76. The number of hydrogen-bond acceptors (Lipinski definition) is 5. The molecule has 5 nitrogen and oxygen atoms in total. The van der Waals surface area contributed by atoms with Gasteiger partial charge in [-0.3, -0.25) is 14.6 Å². The molecule has 0 amide bonds. The highest BCUT2D eigenvalue weighted by molar-refractivity contribution is 6.31. The van der Waals surface area contributed by atoms with E-state index in [1.165, 1.54) is 6.07 Å². The molecule has 28 heavy (non-hydrogen) atoms. The van der Waals surface area contributed by atoms with Gasteiger partial charge in [-0.05, 0) is 50.9 Å². The fourth-order valence-corrected chi connectivity index (χ4v) is 5.01. The van der Waals surface area contributed by atoms with Crippen LogP contribution in [0, 0.1) is 11.2 Å². The molecule has 1 N–H and O–H groups in total. The van der Waals surface area contributed by atoms with Crippen molar-refractivity contribution in [1.29, 1.82) is 0 Å². The van der Waals surface area contributed by atoms with Crippen LogP contribution >= 0.6 is 11.6 Å². The Labute approximate surface area is 170 Å². The number of hydrogen-bond donors (Lipinski definition) is 1. The first-order chi connectivity index (χ1) is 13.4. The number of likely N-dealkylation sites (tertiary alicyclic amines) is 2. The van der Waals surface area contributed by atoms with Crippen molar-refractivity contribution in [3.63, 3.8) is 0 Å². The molecule has 1 unspecified atom stereocenters. The normalized spacial score (nSPS) is 26.7. The zero-order valence-electron chi connectivity index (χ0n) is 16.1. The zero-order valence-corrected chi connectivity index (χ0v) is 16.8. The summed E-state index contributed by atoms with van der Waals surface area (Å²) in [5, 5.41) is 10.1. The van der Waals surface area contributed by atoms with E-state index in [0.29, 0.717) is 17.1 Å². The first kappa shape index (κ1) is 20.1. The summed E-state index contributed by atoms with van der Waals surface area (Å²) in [4.78, 5) is 17.1. The second-order valence-corrected chi connectivity index (χ2v) is 8.93. The van der Waals surface area contributed by atoms with Crippen molar-refractivity contribution in [2.75, 3.05) is 32.7 Å². The molecule has 1 spiro atoms. The van der Waals surface area contributed by atoms with E-state index >= 15 is 0 Å². The van der Waals surface area contributed by atoms with E-state index in [-0.39, 0.29) is 24.0 Å². The summed E-state index contributed by atoms with van der Waals surface area (Å²) in [5.41, 5.74) is 0.134. The second kappa shape index (κ2) is 8.27. The highest BCUT2D eigenvalue weighted by Crippen LogP contribution is 2.43. The summed E-state index contributed by atoms with van der Waals surface area (Å²) in [6.07, 6.45) is 3.58. The Bertz CT molecular complexity index is 695. The molecule has 3 heterocycles. The molecule has 1 atom stereocenters. The summed E-state index contributed by atoms with van der Waals surface area (Å²) in [6.45, 7) is 4.43. The molecule has 154 valence electrons. The minimum atomic E-state index is -0.393. The van der Waals surface area contributed by atoms with Crippen molar-refractivity contribution in [1.82, 2.24) is 9.80 Å². The first-order valence-electron chi connectivity index (χ1n) is 10.2. The van der Waals surface area contributed by atoms with Gasteiger partial charge < -0.3 is 9.84 Å². The van der Waals surface area contributed by atoms with Gasteiger partial charge >= 0.3 is 5.97 Å². The number of piperidine rings is 2. The molecular weight excluding hydrogens is 383 g/mol. The maximum absolute atomic E-state index is 14.1. The number of carbonyl (C=O) groups is 1. The van der Waals surface area contributed by atoms with E-state index in [1.807, 2.05) is 0 Å². The lowest BCUT2D eigenvalue weighted by Gasteiger charge is -2.37. The number of rotatable bonds is 4. The minimum Gasteiger partial charge on any atom is -0.461 e. The van der Waals surface area contributed by atoms with Gasteiger partial charge in [-0.25, -0.2) is 4.39 Å². The largest absolute Gasteiger partial charge is 0.461 e. The lowest BCUT2D eigenvalue weighted by Crippen LogP contribution is -2.42. The molecule has 3 saturated heterocycles. The molecule has 0 radical (unpaired) electrons. The van der Waals surface area contributed by atoms with Gasteiger partial charge in [-0.2, -0.15) is 0 Å². The molecule has 1 aromatic carbocycles. The van der Waals surface area contributed by atoms with E-state index in [1.54, 1.807) is 12.1 Å². The van der Waals surface area contributed by atoms with Crippen LogP contribution in [0.4, 0.5) is 4.39 Å². The van der Waals surface area contributed by atoms with E-state index < -0.39 is 5.41 Å². The van der Waals surface area contributed by atoms with Gasteiger partial charge in [-0.15, -0.1) is 0 Å². The molecule has 0 aromatic heterocycles. The van der Waals surface area contributed by atoms with Crippen LogP contribution in [-0.4, -0.2) is 65.8 Å². The maximum Gasteiger partial charge on any atom is 0.312 e. The minimum absolute atomic E-state index is 0.0599. The summed E-state index contributed by atoms with van der Waals surface area (Å²) >= 11 is 6.15. The molecular formula is C21H28ClFN2O3. The average molecular weight is 411 g/mol. The van der Waals surface area contributed by atoms with E-state index in [4.69, 9.17) is 16.3 Å². The third kappa shape index (κ3) is 4.20. The molecule has 7 heteroatoms. The van der Waals surface area contributed by atoms with Crippen LogP contribution in [0.3, 0.4) is 0 Å². The zero-order chi connectivity index (χ0) is 19.7. The van der Waals surface area contributed by atoms with Gasteiger partial charge in [0.2, 0.25) is 0 Å². The number of aliphatic hydroxyl groups is 1. The van der Waals surface area contributed by atoms with Crippen molar-refractivity contribution in [3.8, 4) is 0 Å². The number of halogens is 2. The van der Waals surface area contributed by atoms with Crippen LogP contribution in [0.25, 0.3) is 0 Å². The third-order valence-corrected chi connectivity index (χ3v) is 6.95. The van der Waals surface area contributed by atoms with Gasteiger partial charge in [0, 0.05) is 43.2 Å². The fourth-order valence-electron chi connectivity index (χ4n) is 4.78. The molecule has 1 aromatic rings. The summed E-state index contributed by atoms with van der Waals surface area (Å²) in [6, 6.07) is 4.76. The van der Waals surface area contributed by atoms with Crippen molar-refractivity contribution in [3.05, 3.63) is 34.6 Å². The molecule has 3 aliphatic heterocycles. The van der Waals surface area contributed by atoms with E-state index in [0.717, 1.165) is 64.8 Å². The van der Waals surface area contributed by atoms with Gasteiger partial charge in [0.15, 0.2) is 0 Å². The first-order valence-corrected chi connectivity index (χ1v) is 10.6. The van der Waals surface area contributed by atoms with Gasteiger partial charge in [0.05, 0.1) is 11.5 Å². The quantitative estimate of drug-likeness (QED) is 0.773. The van der Waals surface area contributed by atoms with Crippen LogP contribution < -0.4 is 0 Å². The Hall–Kier alpha value is -1.21. The predicted molar refractivity (Wildman–Crippen MR) is 105 cm³/mol. The molecule has 0 saturated carbocycles. The molecule has 0 bridgehead atoms. The molecule has 4 rings (SSSR count). The van der Waals surface area contributed by atoms with Crippen molar-refractivity contribution in [2.45, 2.75) is 50.9 Å². The van der Waals surface area contributed by atoms with Crippen molar-refractivity contribution < 1.29 is 19.0 Å². The summed E-state index contributed by atoms with van der Waals surface area (Å²) < 4.78 is 19.8. The summed E-state index contributed by atoms with van der Waals surface area (Å²) in [7, 11) is 0. The Kier molecular flexibility index (Phi) is 5.93. The molecule has 3 aliphatic rings. The number of ether oxygens (including phenoxy) is 1. The summed E-state index contributed by atoms with van der Waals surface area (Å²) in [5.74, 6) is -0.349. The smallest absolute Gasteiger partial charge is 0.312 e. The Morgan fingerprint density at radius 1 is 1.18 bits per heavy atom. The van der Waals surface area contributed by atoms with Crippen LogP contribution in [-0.2, 0) is 16.1 Å². The van der Waals surface area contributed by atoms with E-state index in [9.17, 15) is 14.3 Å². The second-order valence-electron chi connectivity index (χ2n) is 8.52. The number of benzene rings is 1. The van der Waals surface area contributed by atoms with Crippen LogP contribution in [0.15, 0.2) is 18.2 Å². The number of carbonyl (C=O) groups excluding carboxylic acids is 1. The average Bonchev–Trinajstić information content (AvgIpc) is 2.97. The highest BCUT2D eigenvalue weighted by Gasteiger charge is 2.50. The topological polar surface area (TPSA) is 53.0 Å². The molecule has 3 fully saturated rings. The van der Waals surface area contributed by atoms with Crippen LogP contribution in [0.5, 0.6) is 0 Å². The SMILES string of the molecule is O=C1OC(CN2CCC(O)CC2)CC12CCN(Cc1c(F)cccc1Cl)CC2. The van der Waals surface area contributed by atoms with Crippen LogP contribution in [0.2, 0.25) is 5.02 Å². The highest BCUT2D eigenvalue weighted by atomic mass is 35.5. The van der Waals surface area contributed by atoms with Crippen molar-refractivity contribution >= 4 is 17.6 Å². The fraction of sp³-hybridized carbons (Fsp3) is 0.667. The monoisotopic (exact) mass is 410 g/mol. The standard InChI is InChI=1S/C21H28ClFN2O3/c22-18-2-1-3-19(23)17(18)14-25-10-6-21(7-11-25)12-16(28-20(21)27)13-24-8-4-15(26)5-9-24/h1-3,15-16,26H,4-14H2. The van der Waals surface area contributed by atoms with E-state index in [2.05, 4.69) is 9.80 Å². The Balaban J connectivity index is 1.31. The number of aliphatic hydroxyl groups excluding tert-OH is 1. The van der Waals surface area contributed by atoms with Gasteiger partial charge in [0.25, 0.3) is 0 Å². The predicted octanol–water partition coefficient (Wildman–Crippen LogP) is 2.83. The maximum atomic E-state index is 14.1. The number of nitrogens with zero attached hydrogens (tertiary/aromatic N) is 2. The number of cyclic esters (lactones) is 1. The third-order valence-electron chi connectivity index (χ3n) is 6.60. The lowest BCUT2D eigenvalue weighted by molar-refractivity contribution is -0.151. The van der Waals surface area contributed by atoms with Gasteiger partial charge in [0.1, 0.15) is 11.9 Å². The van der Waals surface area contributed by atoms with Crippen LogP contribution in [0.1, 0.15) is 37.7 Å².